The number of hydrogen-bond acceptors (Lipinski definition) is 3. The third-order valence-corrected chi connectivity index (χ3v) is 3.18. The molecule has 0 amide bonds. The molecule has 3 heteroatoms. The van der Waals surface area contributed by atoms with E-state index in [9.17, 15) is 0 Å². The zero-order valence-corrected chi connectivity index (χ0v) is 8.16. The maximum atomic E-state index is 5.93. The molecule has 1 heterocycles. The van der Waals surface area contributed by atoms with E-state index in [0.29, 0.717) is 12.6 Å². The number of hydrogen-bond donors (Lipinski definition) is 1. The van der Waals surface area contributed by atoms with Gasteiger partial charge in [0, 0.05) is 12.5 Å². The second-order valence-corrected chi connectivity index (χ2v) is 4.26. The van der Waals surface area contributed by atoms with E-state index in [4.69, 9.17) is 15.2 Å². The zero-order chi connectivity index (χ0) is 9.54. The van der Waals surface area contributed by atoms with Gasteiger partial charge in [-0.3, -0.25) is 0 Å². The molecule has 3 nitrogen and oxygen atoms in total. The Labute approximate surface area is 83.6 Å². The van der Waals surface area contributed by atoms with Crippen LogP contribution in [-0.4, -0.2) is 25.4 Å². The lowest BCUT2D eigenvalue weighted by Crippen LogP contribution is -2.29. The fourth-order valence-electron chi connectivity index (χ4n) is 2.54. The van der Waals surface area contributed by atoms with Crippen LogP contribution in [0.2, 0.25) is 0 Å². The smallest absolute Gasteiger partial charge is 0.125 e. The van der Waals surface area contributed by atoms with Gasteiger partial charge in [-0.05, 0) is 24.5 Å². The summed E-state index contributed by atoms with van der Waals surface area (Å²) in [5.74, 6) is 1.02. The summed E-state index contributed by atoms with van der Waals surface area (Å²) >= 11 is 0. The minimum Gasteiger partial charge on any atom is -0.493 e. The van der Waals surface area contributed by atoms with Gasteiger partial charge in [0.05, 0.1) is 6.61 Å². The van der Waals surface area contributed by atoms with Crippen molar-refractivity contribution in [2.45, 2.75) is 31.4 Å². The van der Waals surface area contributed by atoms with E-state index in [1.807, 2.05) is 0 Å². The molecule has 1 saturated heterocycles. The molecule has 0 radical (unpaired) electrons. The lowest BCUT2D eigenvalue weighted by Gasteiger charge is -2.30. The number of allylic oxidation sites excluding steroid dienone is 1. The quantitative estimate of drug-likeness (QED) is 0.626. The van der Waals surface area contributed by atoms with Crippen LogP contribution in [0.25, 0.3) is 0 Å². The number of fused-ring (bicyclic) bond motifs is 1. The zero-order valence-electron chi connectivity index (χ0n) is 8.16. The van der Waals surface area contributed by atoms with Gasteiger partial charge in [-0.25, -0.2) is 0 Å². The Hall–Kier alpha value is -0.800. The Morgan fingerprint density at radius 1 is 1.21 bits per heavy atom. The highest BCUT2D eigenvalue weighted by Gasteiger charge is 2.31. The van der Waals surface area contributed by atoms with Crippen LogP contribution in [0, 0.1) is 0 Å². The van der Waals surface area contributed by atoms with Gasteiger partial charge in [0.15, 0.2) is 0 Å². The van der Waals surface area contributed by atoms with Crippen LogP contribution in [0.3, 0.4) is 0 Å². The first-order valence-corrected chi connectivity index (χ1v) is 5.25. The molecule has 0 unspecified atom stereocenters. The summed E-state index contributed by atoms with van der Waals surface area (Å²) in [7, 11) is 0. The molecule has 2 atom stereocenters. The van der Waals surface area contributed by atoms with Crippen molar-refractivity contribution < 1.29 is 9.47 Å². The fourth-order valence-corrected chi connectivity index (χ4v) is 2.54. The van der Waals surface area contributed by atoms with Crippen molar-refractivity contribution in [1.29, 1.82) is 0 Å². The van der Waals surface area contributed by atoms with Crippen molar-refractivity contribution in [3.8, 4) is 0 Å². The van der Waals surface area contributed by atoms with Crippen molar-refractivity contribution in [2.75, 3.05) is 13.2 Å². The van der Waals surface area contributed by atoms with Crippen molar-refractivity contribution in [3.05, 3.63) is 23.0 Å². The predicted molar refractivity (Wildman–Crippen MR) is 52.6 cm³/mol. The molecular formula is C11H15NO2. The van der Waals surface area contributed by atoms with Crippen LogP contribution in [0.15, 0.2) is 23.0 Å². The lowest BCUT2D eigenvalue weighted by atomic mass is 9.96. The Morgan fingerprint density at radius 3 is 3.07 bits per heavy atom. The average molecular weight is 193 g/mol. The van der Waals surface area contributed by atoms with Crippen molar-refractivity contribution >= 4 is 0 Å². The molecule has 14 heavy (non-hydrogen) atoms. The van der Waals surface area contributed by atoms with Crippen LogP contribution < -0.4 is 5.73 Å². The number of rotatable bonds is 0. The Balaban J connectivity index is 1.87. The maximum Gasteiger partial charge on any atom is 0.125 e. The fraction of sp³-hybridized carbons (Fsp3) is 0.636. The van der Waals surface area contributed by atoms with E-state index in [-0.39, 0.29) is 6.10 Å². The lowest BCUT2D eigenvalue weighted by molar-refractivity contribution is -0.0430. The third kappa shape index (κ3) is 1.28. The normalized spacial score (nSPS) is 35.9. The van der Waals surface area contributed by atoms with E-state index < -0.39 is 0 Å². The Kier molecular flexibility index (Phi) is 1.89. The van der Waals surface area contributed by atoms with Crippen LogP contribution in [0.1, 0.15) is 19.3 Å². The van der Waals surface area contributed by atoms with Gasteiger partial charge in [0.1, 0.15) is 18.5 Å². The van der Waals surface area contributed by atoms with Crippen LogP contribution in [-0.2, 0) is 9.47 Å². The molecule has 2 aliphatic carbocycles. The largest absolute Gasteiger partial charge is 0.493 e. The standard InChI is InChI=1S/C11H15NO2/c12-9-3-7-5-10-11(6-8(7)4-9)14-2-1-13-10/h5,9,11H,1-4,6,12H2/t9-,11-/m1/s1. The van der Waals surface area contributed by atoms with Gasteiger partial charge < -0.3 is 15.2 Å². The molecule has 2 N–H and O–H groups in total. The topological polar surface area (TPSA) is 44.5 Å². The van der Waals surface area contributed by atoms with E-state index in [1.54, 1.807) is 0 Å². The highest BCUT2D eigenvalue weighted by atomic mass is 16.6. The van der Waals surface area contributed by atoms with E-state index >= 15 is 0 Å². The van der Waals surface area contributed by atoms with Crippen LogP contribution >= 0.6 is 0 Å². The van der Waals surface area contributed by atoms with Gasteiger partial charge in [-0.2, -0.15) is 0 Å². The molecule has 0 aromatic heterocycles. The highest BCUT2D eigenvalue weighted by molar-refractivity contribution is 5.39. The van der Waals surface area contributed by atoms with E-state index in [0.717, 1.165) is 31.6 Å². The Bertz CT molecular complexity index is 319. The summed E-state index contributed by atoms with van der Waals surface area (Å²) in [4.78, 5) is 0. The molecule has 1 aliphatic heterocycles. The molecular weight excluding hydrogens is 178 g/mol. The molecule has 1 fully saturated rings. The predicted octanol–water partition coefficient (Wildman–Crippen LogP) is 1.11. The van der Waals surface area contributed by atoms with Crippen LogP contribution in [0.5, 0.6) is 0 Å². The van der Waals surface area contributed by atoms with Crippen molar-refractivity contribution in [3.63, 3.8) is 0 Å². The first-order chi connectivity index (χ1) is 6.83. The second-order valence-electron chi connectivity index (χ2n) is 4.26. The van der Waals surface area contributed by atoms with Crippen LogP contribution in [0.4, 0.5) is 0 Å². The molecule has 3 aliphatic rings. The molecule has 0 aromatic carbocycles. The minimum atomic E-state index is 0.174. The molecule has 3 rings (SSSR count). The third-order valence-electron chi connectivity index (χ3n) is 3.18. The summed E-state index contributed by atoms with van der Waals surface area (Å²) in [6.45, 7) is 1.41. The van der Waals surface area contributed by atoms with Gasteiger partial charge >= 0.3 is 0 Å². The first kappa shape index (κ1) is 8.50. The van der Waals surface area contributed by atoms with E-state index in [1.165, 1.54) is 11.1 Å². The Morgan fingerprint density at radius 2 is 2.14 bits per heavy atom. The average Bonchev–Trinajstić information content (AvgIpc) is 2.53. The summed E-state index contributed by atoms with van der Waals surface area (Å²) in [6.07, 6.45) is 5.37. The first-order valence-electron chi connectivity index (χ1n) is 5.25. The van der Waals surface area contributed by atoms with Gasteiger partial charge in [0.2, 0.25) is 0 Å². The molecule has 0 bridgehead atoms. The number of ether oxygens (including phenoxy) is 2. The summed E-state index contributed by atoms with van der Waals surface area (Å²) in [6, 6.07) is 0.317. The van der Waals surface area contributed by atoms with Gasteiger partial charge in [-0.1, -0.05) is 5.57 Å². The van der Waals surface area contributed by atoms with Gasteiger partial charge in [-0.15, -0.1) is 0 Å². The SMILES string of the molecule is N[C@@H]1CC2=C(C1)C[C@H]1OCCOC1=C2. The van der Waals surface area contributed by atoms with Crippen molar-refractivity contribution in [2.24, 2.45) is 5.73 Å². The molecule has 0 saturated carbocycles. The molecule has 0 spiro atoms. The number of nitrogens with two attached hydrogens (primary N) is 1. The molecule has 0 aromatic rings. The summed E-state index contributed by atoms with van der Waals surface area (Å²) in [5, 5.41) is 0. The van der Waals surface area contributed by atoms with Crippen molar-refractivity contribution in [1.82, 2.24) is 0 Å². The molecule has 76 valence electrons. The van der Waals surface area contributed by atoms with E-state index in [2.05, 4.69) is 6.08 Å². The second kappa shape index (κ2) is 3.11. The van der Waals surface area contributed by atoms with Gasteiger partial charge in [0.25, 0.3) is 0 Å². The maximum absolute atomic E-state index is 5.93. The summed E-state index contributed by atoms with van der Waals surface area (Å²) < 4.78 is 11.2. The highest BCUT2D eigenvalue weighted by Crippen LogP contribution is 2.37. The monoisotopic (exact) mass is 193 g/mol. The summed E-state index contributed by atoms with van der Waals surface area (Å²) in [5.41, 5.74) is 8.81. The minimum absolute atomic E-state index is 0.174.